The third kappa shape index (κ3) is 1.91. The topological polar surface area (TPSA) is 74.6 Å². The lowest BCUT2D eigenvalue weighted by molar-refractivity contribution is 0.0975. The second-order valence-corrected chi connectivity index (χ2v) is 5.14. The largest absolute Gasteiger partial charge is 0.508 e. The Kier molecular flexibility index (Phi) is 3.01. The van der Waals surface area contributed by atoms with Gasteiger partial charge in [-0.15, -0.1) is 0 Å². The molecule has 0 fully saturated rings. The van der Waals surface area contributed by atoms with E-state index in [1.165, 1.54) is 6.07 Å². The van der Waals surface area contributed by atoms with Crippen molar-refractivity contribution in [2.45, 2.75) is 19.8 Å². The molecule has 1 aliphatic rings. The molecule has 1 aliphatic carbocycles. The Morgan fingerprint density at radius 2 is 1.71 bits per heavy atom. The van der Waals surface area contributed by atoms with Gasteiger partial charge in [-0.2, -0.15) is 0 Å². The van der Waals surface area contributed by atoms with Gasteiger partial charge in [0.15, 0.2) is 11.6 Å². The monoisotopic (exact) mass is 282 g/mol. The highest BCUT2D eigenvalue weighted by molar-refractivity contribution is 6.29. The summed E-state index contributed by atoms with van der Waals surface area (Å²) >= 11 is 0. The third-order valence-electron chi connectivity index (χ3n) is 3.72. The first-order chi connectivity index (χ1) is 10.0. The zero-order chi connectivity index (χ0) is 15.1. The summed E-state index contributed by atoms with van der Waals surface area (Å²) in [6.07, 6.45) is 1.54. The number of aryl methyl sites for hydroxylation is 1. The molecule has 0 heterocycles. The molecule has 0 saturated carbocycles. The Morgan fingerprint density at radius 3 is 2.43 bits per heavy atom. The predicted octanol–water partition coefficient (Wildman–Crippen LogP) is 2.83. The highest BCUT2D eigenvalue weighted by Gasteiger charge is 2.33. The van der Waals surface area contributed by atoms with Gasteiger partial charge in [-0.3, -0.25) is 9.59 Å². The Balaban J connectivity index is 2.31. The van der Waals surface area contributed by atoms with Crippen LogP contribution in [0, 0.1) is 0 Å². The molecule has 2 aromatic rings. The van der Waals surface area contributed by atoms with Crippen molar-refractivity contribution < 1.29 is 19.8 Å². The molecule has 2 N–H and O–H groups in total. The maximum Gasteiger partial charge on any atom is 0.198 e. The lowest BCUT2D eigenvalue weighted by Crippen LogP contribution is -2.22. The molecule has 21 heavy (non-hydrogen) atoms. The first-order valence-electron chi connectivity index (χ1n) is 6.81. The van der Waals surface area contributed by atoms with E-state index in [2.05, 4.69) is 0 Å². The minimum Gasteiger partial charge on any atom is -0.508 e. The van der Waals surface area contributed by atoms with E-state index in [0.717, 1.165) is 18.1 Å². The molecule has 4 nitrogen and oxygen atoms in total. The van der Waals surface area contributed by atoms with Crippen LogP contribution in [0.3, 0.4) is 0 Å². The van der Waals surface area contributed by atoms with Crippen LogP contribution in [0.5, 0.6) is 11.5 Å². The van der Waals surface area contributed by atoms with Crippen LogP contribution >= 0.6 is 0 Å². The van der Waals surface area contributed by atoms with E-state index in [-0.39, 0.29) is 34.2 Å². The Morgan fingerprint density at radius 1 is 0.952 bits per heavy atom. The maximum atomic E-state index is 12.7. The summed E-state index contributed by atoms with van der Waals surface area (Å²) in [7, 11) is 0. The van der Waals surface area contributed by atoms with Crippen LogP contribution in [0.15, 0.2) is 30.3 Å². The number of phenolic OH excluding ortho intramolecular Hbond substituents is 2. The van der Waals surface area contributed by atoms with Gasteiger partial charge in [-0.1, -0.05) is 31.5 Å². The normalized spacial score (nSPS) is 13.0. The van der Waals surface area contributed by atoms with Crippen molar-refractivity contribution in [3.8, 4) is 11.5 Å². The third-order valence-corrected chi connectivity index (χ3v) is 3.72. The highest BCUT2D eigenvalue weighted by atomic mass is 16.3. The minimum absolute atomic E-state index is 0.0196. The number of ketones is 2. The SMILES string of the molecule is CCCc1cccc2c1C(=O)c1c(O)cc(O)cc1C2=O. The molecule has 0 spiro atoms. The molecule has 106 valence electrons. The second kappa shape index (κ2) is 4.74. The van der Waals surface area contributed by atoms with Gasteiger partial charge in [0.1, 0.15) is 11.5 Å². The number of carbonyl (C=O) groups is 2. The van der Waals surface area contributed by atoms with E-state index >= 15 is 0 Å². The lowest BCUT2D eigenvalue weighted by Gasteiger charge is -2.21. The zero-order valence-corrected chi connectivity index (χ0v) is 11.5. The summed E-state index contributed by atoms with van der Waals surface area (Å²) in [5.74, 6) is -1.30. The fraction of sp³-hybridized carbons (Fsp3) is 0.176. The fourth-order valence-electron chi connectivity index (χ4n) is 2.83. The number of phenols is 2. The lowest BCUT2D eigenvalue weighted by atomic mass is 9.80. The Labute approximate surface area is 121 Å². The number of hydrogen-bond donors (Lipinski definition) is 2. The number of rotatable bonds is 2. The minimum atomic E-state index is -0.361. The summed E-state index contributed by atoms with van der Waals surface area (Å²) in [6.45, 7) is 2.00. The van der Waals surface area contributed by atoms with Crippen LogP contribution in [-0.2, 0) is 6.42 Å². The van der Waals surface area contributed by atoms with Crippen molar-refractivity contribution in [3.63, 3.8) is 0 Å². The van der Waals surface area contributed by atoms with Crippen molar-refractivity contribution in [2.24, 2.45) is 0 Å². The van der Waals surface area contributed by atoms with E-state index in [9.17, 15) is 19.8 Å². The van der Waals surface area contributed by atoms with Crippen molar-refractivity contribution in [1.29, 1.82) is 0 Å². The molecule has 3 rings (SSSR count). The zero-order valence-electron chi connectivity index (χ0n) is 11.5. The maximum absolute atomic E-state index is 12.7. The van der Waals surface area contributed by atoms with Crippen molar-refractivity contribution in [3.05, 3.63) is 58.1 Å². The first-order valence-corrected chi connectivity index (χ1v) is 6.81. The first kappa shape index (κ1) is 13.4. The molecule has 0 amide bonds. The van der Waals surface area contributed by atoms with E-state index in [0.29, 0.717) is 17.5 Å². The molecule has 0 unspecified atom stereocenters. The van der Waals surface area contributed by atoms with Gasteiger partial charge >= 0.3 is 0 Å². The standard InChI is InChI=1S/C17H14O4/c1-2-4-9-5-3-6-11-14(9)17(21)15-12(16(11)20)7-10(18)8-13(15)19/h3,5-8,18-19H,2,4H2,1H3. The average Bonchev–Trinajstić information content (AvgIpc) is 2.44. The quantitative estimate of drug-likeness (QED) is 0.758. The number of carbonyl (C=O) groups excluding carboxylic acids is 2. The van der Waals surface area contributed by atoms with E-state index < -0.39 is 0 Å². The van der Waals surface area contributed by atoms with Gasteiger partial charge in [0.05, 0.1) is 5.56 Å². The molecule has 2 aromatic carbocycles. The number of aromatic hydroxyl groups is 2. The Hall–Kier alpha value is -2.62. The number of hydrogen-bond acceptors (Lipinski definition) is 4. The van der Waals surface area contributed by atoms with Gasteiger partial charge in [-0.05, 0) is 18.1 Å². The summed E-state index contributed by atoms with van der Waals surface area (Å²) in [6, 6.07) is 7.50. The molecular formula is C17H14O4. The van der Waals surface area contributed by atoms with Gasteiger partial charge in [0.25, 0.3) is 0 Å². The molecular weight excluding hydrogens is 268 g/mol. The van der Waals surface area contributed by atoms with Gasteiger partial charge in [0.2, 0.25) is 0 Å². The highest BCUT2D eigenvalue weighted by Crippen LogP contribution is 2.36. The van der Waals surface area contributed by atoms with Crippen LogP contribution in [0.25, 0.3) is 0 Å². The smallest absolute Gasteiger partial charge is 0.198 e. The van der Waals surface area contributed by atoms with Crippen molar-refractivity contribution in [1.82, 2.24) is 0 Å². The average molecular weight is 282 g/mol. The second-order valence-electron chi connectivity index (χ2n) is 5.14. The van der Waals surface area contributed by atoms with Crippen LogP contribution in [0.2, 0.25) is 0 Å². The molecule has 0 bridgehead atoms. The molecule has 0 saturated heterocycles. The van der Waals surface area contributed by atoms with Crippen LogP contribution in [0.4, 0.5) is 0 Å². The van der Waals surface area contributed by atoms with Crippen molar-refractivity contribution in [2.75, 3.05) is 0 Å². The van der Waals surface area contributed by atoms with E-state index in [1.54, 1.807) is 12.1 Å². The number of fused-ring (bicyclic) bond motifs is 2. The van der Waals surface area contributed by atoms with Crippen LogP contribution in [-0.4, -0.2) is 21.8 Å². The van der Waals surface area contributed by atoms with E-state index in [1.807, 2.05) is 13.0 Å². The Bertz CT molecular complexity index is 775. The van der Waals surface area contributed by atoms with E-state index in [4.69, 9.17) is 0 Å². The fourth-order valence-corrected chi connectivity index (χ4v) is 2.83. The predicted molar refractivity (Wildman–Crippen MR) is 77.1 cm³/mol. The summed E-state index contributed by atoms with van der Waals surface area (Å²) < 4.78 is 0. The molecule has 0 aromatic heterocycles. The van der Waals surface area contributed by atoms with Gasteiger partial charge in [-0.25, -0.2) is 0 Å². The molecule has 0 aliphatic heterocycles. The summed E-state index contributed by atoms with van der Waals surface area (Å²) in [5.41, 5.74) is 1.56. The van der Waals surface area contributed by atoms with Gasteiger partial charge < -0.3 is 10.2 Å². The molecule has 4 heteroatoms. The van der Waals surface area contributed by atoms with Crippen LogP contribution < -0.4 is 0 Å². The number of benzene rings is 2. The van der Waals surface area contributed by atoms with Crippen LogP contribution in [0.1, 0.15) is 50.8 Å². The van der Waals surface area contributed by atoms with Crippen molar-refractivity contribution >= 4 is 11.6 Å². The summed E-state index contributed by atoms with van der Waals surface area (Å²) in [4.78, 5) is 25.2. The molecule has 0 radical (unpaired) electrons. The van der Waals surface area contributed by atoms with Gasteiger partial charge in [0, 0.05) is 22.8 Å². The summed E-state index contributed by atoms with van der Waals surface area (Å²) in [5, 5.41) is 19.5. The molecule has 0 atom stereocenters.